The Labute approximate surface area is 166 Å². The van der Waals surface area contributed by atoms with Crippen LogP contribution in [0.15, 0.2) is 41.7 Å². The quantitative estimate of drug-likeness (QED) is 0.472. The summed E-state index contributed by atoms with van der Waals surface area (Å²) in [5.41, 5.74) is 0.0106. The molecule has 0 atom stereocenters. The lowest BCUT2D eigenvalue weighted by Crippen LogP contribution is -2.27. The van der Waals surface area contributed by atoms with Crippen molar-refractivity contribution in [3.05, 3.63) is 58.5 Å². The minimum atomic E-state index is -4.57. The summed E-state index contributed by atoms with van der Waals surface area (Å²) in [6, 6.07) is 6.71. The van der Waals surface area contributed by atoms with Crippen LogP contribution >= 0.6 is 23.4 Å². The van der Waals surface area contributed by atoms with Crippen LogP contribution in [0.3, 0.4) is 0 Å². The monoisotopic (exact) mass is 432 g/mol. The van der Waals surface area contributed by atoms with Gasteiger partial charge in [-0.1, -0.05) is 35.5 Å². The zero-order valence-corrected chi connectivity index (χ0v) is 15.7. The van der Waals surface area contributed by atoms with Crippen LogP contribution in [0.2, 0.25) is 5.02 Å². The number of fused-ring (bicyclic) bond motifs is 1. The molecule has 148 valence electrons. The van der Waals surface area contributed by atoms with Gasteiger partial charge in [0.05, 0.1) is 16.3 Å². The second-order valence-electron chi connectivity index (χ2n) is 5.77. The zero-order valence-electron chi connectivity index (χ0n) is 14.1. The number of hydrogen-bond acceptors (Lipinski definition) is 4. The first-order valence-electron chi connectivity index (χ1n) is 7.99. The number of carbonyl (C=O) groups is 1. The Morgan fingerprint density at radius 3 is 2.61 bits per heavy atom. The van der Waals surface area contributed by atoms with Gasteiger partial charge in [0.1, 0.15) is 5.82 Å². The average molecular weight is 433 g/mol. The summed E-state index contributed by atoms with van der Waals surface area (Å²) in [6.45, 7) is 0.343. The van der Waals surface area contributed by atoms with E-state index in [9.17, 15) is 22.4 Å². The smallest absolute Gasteiger partial charge is 0.355 e. The third-order valence-corrected chi connectivity index (χ3v) is 4.96. The highest BCUT2D eigenvalue weighted by molar-refractivity contribution is 7.99. The van der Waals surface area contributed by atoms with Gasteiger partial charge in [-0.15, -0.1) is 10.2 Å². The molecule has 28 heavy (non-hydrogen) atoms. The molecule has 0 aliphatic heterocycles. The van der Waals surface area contributed by atoms with Crippen molar-refractivity contribution in [1.82, 2.24) is 19.9 Å². The van der Waals surface area contributed by atoms with Crippen molar-refractivity contribution in [1.29, 1.82) is 0 Å². The second kappa shape index (κ2) is 8.36. The summed E-state index contributed by atoms with van der Waals surface area (Å²) < 4.78 is 52.8. The van der Waals surface area contributed by atoms with Crippen LogP contribution in [0.4, 0.5) is 17.6 Å². The van der Waals surface area contributed by atoms with E-state index in [1.165, 1.54) is 12.1 Å². The molecular weight excluding hydrogens is 420 g/mol. The van der Waals surface area contributed by atoms with Gasteiger partial charge >= 0.3 is 6.18 Å². The maximum absolute atomic E-state index is 12.9. The molecular formula is C17H13ClF4N4OS. The Morgan fingerprint density at radius 1 is 1.21 bits per heavy atom. The molecule has 0 bridgehead atoms. The van der Waals surface area contributed by atoms with Crippen LogP contribution in [0, 0.1) is 5.82 Å². The molecule has 1 amide bonds. The molecule has 11 heteroatoms. The Balaban J connectivity index is 1.59. The topological polar surface area (TPSA) is 59.3 Å². The Bertz CT molecular complexity index is 991. The van der Waals surface area contributed by atoms with Crippen molar-refractivity contribution in [2.45, 2.75) is 17.8 Å². The first-order valence-corrected chi connectivity index (χ1v) is 9.36. The highest BCUT2D eigenvalue weighted by atomic mass is 35.5. The molecule has 0 radical (unpaired) electrons. The third-order valence-electron chi connectivity index (χ3n) is 3.74. The number of amides is 1. The van der Waals surface area contributed by atoms with Gasteiger partial charge in [0, 0.05) is 12.7 Å². The summed E-state index contributed by atoms with van der Waals surface area (Å²) in [6.07, 6.45) is -3.20. The fourth-order valence-electron chi connectivity index (χ4n) is 2.37. The van der Waals surface area contributed by atoms with Crippen molar-refractivity contribution < 1.29 is 22.4 Å². The van der Waals surface area contributed by atoms with Crippen LogP contribution in [0.25, 0.3) is 5.65 Å². The fourth-order valence-corrected chi connectivity index (χ4v) is 3.35. The molecule has 1 aromatic carbocycles. The molecule has 1 N–H and O–H groups in total. The van der Waals surface area contributed by atoms with E-state index in [1.807, 2.05) is 0 Å². The summed E-state index contributed by atoms with van der Waals surface area (Å²) in [5.74, 6) is -0.710. The number of pyridine rings is 1. The van der Waals surface area contributed by atoms with Gasteiger partial charge in [-0.25, -0.2) is 4.39 Å². The zero-order chi connectivity index (χ0) is 20.3. The van der Waals surface area contributed by atoms with E-state index in [2.05, 4.69) is 15.5 Å². The minimum Gasteiger partial charge on any atom is -0.355 e. The predicted molar refractivity (Wildman–Crippen MR) is 96.8 cm³/mol. The molecule has 2 aromatic heterocycles. The first-order chi connectivity index (χ1) is 13.2. The molecule has 5 nitrogen and oxygen atoms in total. The fraction of sp³-hybridized carbons (Fsp3) is 0.235. The Morgan fingerprint density at radius 2 is 1.93 bits per heavy atom. The molecule has 0 aliphatic rings. The Kier molecular flexibility index (Phi) is 6.09. The number of aromatic nitrogens is 3. The number of carbonyl (C=O) groups excluding carboxylic acids is 1. The SMILES string of the molecule is O=C(CSc1nnc2c(Cl)cc(C(F)(F)F)cn12)NCCc1ccc(F)cc1. The second-order valence-corrected chi connectivity index (χ2v) is 7.12. The van der Waals surface area contributed by atoms with Crippen molar-refractivity contribution in [3.8, 4) is 0 Å². The predicted octanol–water partition coefficient (Wildman–Crippen LogP) is 3.99. The molecule has 0 unspecified atom stereocenters. The lowest BCUT2D eigenvalue weighted by atomic mass is 10.1. The number of thioether (sulfide) groups is 1. The summed E-state index contributed by atoms with van der Waals surface area (Å²) >= 11 is 6.79. The van der Waals surface area contributed by atoms with Gasteiger partial charge < -0.3 is 5.32 Å². The molecule has 0 saturated carbocycles. The van der Waals surface area contributed by atoms with Crippen LogP contribution in [-0.2, 0) is 17.4 Å². The molecule has 2 heterocycles. The number of benzene rings is 1. The number of nitrogens with zero attached hydrogens (tertiary/aromatic N) is 3. The maximum atomic E-state index is 12.9. The van der Waals surface area contributed by atoms with Gasteiger partial charge in [-0.05, 0) is 30.2 Å². The van der Waals surface area contributed by atoms with Crippen LogP contribution in [0.5, 0.6) is 0 Å². The van der Waals surface area contributed by atoms with Crippen LogP contribution in [-0.4, -0.2) is 32.8 Å². The van der Waals surface area contributed by atoms with E-state index in [1.54, 1.807) is 12.1 Å². The van der Waals surface area contributed by atoms with E-state index in [0.29, 0.717) is 13.0 Å². The molecule has 3 rings (SSSR count). The maximum Gasteiger partial charge on any atom is 0.417 e. The van der Waals surface area contributed by atoms with E-state index in [4.69, 9.17) is 11.6 Å². The van der Waals surface area contributed by atoms with E-state index in [0.717, 1.165) is 34.0 Å². The van der Waals surface area contributed by atoms with Gasteiger partial charge in [0.15, 0.2) is 10.8 Å². The summed E-state index contributed by atoms with van der Waals surface area (Å²) in [4.78, 5) is 12.0. The molecule has 0 fully saturated rings. The van der Waals surface area contributed by atoms with Crippen molar-refractivity contribution >= 4 is 34.9 Å². The van der Waals surface area contributed by atoms with E-state index >= 15 is 0 Å². The standard InChI is InChI=1S/C17H13ClF4N4OS/c18-13-7-11(17(20,21)22)8-26-15(13)24-25-16(26)28-9-14(27)23-6-5-10-1-3-12(19)4-2-10/h1-4,7-8H,5-6,9H2,(H,23,27). The minimum absolute atomic E-state index is 0.0575. The van der Waals surface area contributed by atoms with Gasteiger partial charge in [0.2, 0.25) is 5.91 Å². The summed E-state index contributed by atoms with van der Waals surface area (Å²) in [7, 11) is 0. The van der Waals surface area contributed by atoms with E-state index < -0.39 is 11.7 Å². The van der Waals surface area contributed by atoms with Gasteiger partial charge in [-0.3, -0.25) is 9.20 Å². The van der Waals surface area contributed by atoms with Gasteiger partial charge in [-0.2, -0.15) is 13.2 Å². The van der Waals surface area contributed by atoms with Crippen LogP contribution < -0.4 is 5.32 Å². The number of hydrogen-bond donors (Lipinski definition) is 1. The average Bonchev–Trinajstić information content (AvgIpc) is 3.04. The lowest BCUT2D eigenvalue weighted by Gasteiger charge is -2.09. The highest BCUT2D eigenvalue weighted by Gasteiger charge is 2.32. The van der Waals surface area contributed by atoms with Crippen LogP contribution in [0.1, 0.15) is 11.1 Å². The Hall–Kier alpha value is -2.33. The number of halogens is 5. The first kappa shape index (κ1) is 20.4. The van der Waals surface area contributed by atoms with Crippen molar-refractivity contribution in [2.24, 2.45) is 0 Å². The normalized spacial score (nSPS) is 11.8. The summed E-state index contributed by atoms with van der Waals surface area (Å²) in [5, 5.41) is 10.2. The molecule has 0 aliphatic carbocycles. The number of alkyl halides is 3. The van der Waals surface area contributed by atoms with E-state index in [-0.39, 0.29) is 33.3 Å². The molecule has 3 aromatic rings. The van der Waals surface area contributed by atoms with Crippen molar-refractivity contribution in [2.75, 3.05) is 12.3 Å². The largest absolute Gasteiger partial charge is 0.417 e. The molecule has 0 saturated heterocycles. The number of rotatable bonds is 6. The van der Waals surface area contributed by atoms with Crippen molar-refractivity contribution in [3.63, 3.8) is 0 Å². The van der Waals surface area contributed by atoms with Gasteiger partial charge in [0.25, 0.3) is 0 Å². The third kappa shape index (κ3) is 4.93. The lowest BCUT2D eigenvalue weighted by molar-refractivity contribution is -0.137. The highest BCUT2D eigenvalue weighted by Crippen LogP contribution is 2.33. The molecule has 0 spiro atoms. The number of nitrogens with one attached hydrogen (secondary N) is 1.